The van der Waals surface area contributed by atoms with Gasteiger partial charge in [0.2, 0.25) is 5.82 Å². The zero-order chi connectivity index (χ0) is 25.2. The molecule has 7 heteroatoms. The van der Waals surface area contributed by atoms with E-state index in [1.165, 1.54) is 0 Å². The maximum absolute atomic E-state index is 13.3. The van der Waals surface area contributed by atoms with Crippen LogP contribution < -0.4 is 10.1 Å². The Balaban J connectivity index is 1.59. The number of carbonyl (C=O) groups excluding carboxylic acids is 1. The molecule has 4 aromatic rings. The van der Waals surface area contributed by atoms with Gasteiger partial charge in [-0.2, -0.15) is 4.98 Å². The van der Waals surface area contributed by atoms with Crippen molar-refractivity contribution in [2.24, 2.45) is 0 Å². The standard InChI is InChI=1S/C29H28N4O3/c1-18-11-13-22(14-12-18)26-25(28-31-27(32-36-28)23-9-5-7-19(2)15-23)20(3)33(29(34)30-26)17-21-8-6-10-24(16-21)35-4/h5-16,26H,17H2,1-4H3,(H,30,34). The van der Waals surface area contributed by atoms with E-state index < -0.39 is 6.04 Å². The van der Waals surface area contributed by atoms with Crippen molar-refractivity contribution in [3.63, 3.8) is 0 Å². The fourth-order valence-corrected chi connectivity index (χ4v) is 4.45. The van der Waals surface area contributed by atoms with Gasteiger partial charge in [-0.1, -0.05) is 70.9 Å². The number of aryl methyl sites for hydroxylation is 2. The van der Waals surface area contributed by atoms with Crippen molar-refractivity contribution in [3.8, 4) is 17.1 Å². The van der Waals surface area contributed by atoms with E-state index >= 15 is 0 Å². The fraction of sp³-hybridized carbons (Fsp3) is 0.207. The number of amides is 2. The van der Waals surface area contributed by atoms with E-state index in [2.05, 4.69) is 10.5 Å². The number of methoxy groups -OCH3 is 1. The molecule has 2 heterocycles. The molecule has 36 heavy (non-hydrogen) atoms. The number of nitrogens with zero attached hydrogens (tertiary/aromatic N) is 3. The van der Waals surface area contributed by atoms with Crippen molar-refractivity contribution in [1.82, 2.24) is 20.4 Å². The van der Waals surface area contributed by atoms with Crippen molar-refractivity contribution < 1.29 is 14.1 Å². The van der Waals surface area contributed by atoms with Crippen LogP contribution in [-0.4, -0.2) is 28.2 Å². The molecule has 1 aliphatic rings. The minimum Gasteiger partial charge on any atom is -0.497 e. The van der Waals surface area contributed by atoms with Crippen molar-refractivity contribution in [2.45, 2.75) is 33.4 Å². The normalized spacial score (nSPS) is 15.7. The SMILES string of the molecule is COc1cccc(CN2C(=O)NC(c3ccc(C)cc3)C(c3nc(-c4cccc(C)c4)no3)=C2C)c1. The number of hydrogen-bond acceptors (Lipinski definition) is 5. The Morgan fingerprint density at radius 3 is 2.50 bits per heavy atom. The lowest BCUT2D eigenvalue weighted by molar-refractivity contribution is 0.203. The van der Waals surface area contributed by atoms with E-state index in [0.29, 0.717) is 18.3 Å². The van der Waals surface area contributed by atoms with Crippen molar-refractivity contribution in [1.29, 1.82) is 0 Å². The summed E-state index contributed by atoms with van der Waals surface area (Å²) in [7, 11) is 1.63. The molecule has 1 aliphatic heterocycles. The monoisotopic (exact) mass is 480 g/mol. The largest absolute Gasteiger partial charge is 0.497 e. The Hall–Kier alpha value is -4.39. The maximum atomic E-state index is 13.3. The average Bonchev–Trinajstić information content (AvgIpc) is 3.37. The third kappa shape index (κ3) is 4.60. The number of ether oxygens (including phenoxy) is 1. The van der Waals surface area contributed by atoms with Crippen molar-refractivity contribution >= 4 is 11.6 Å². The molecule has 5 rings (SSSR count). The number of aromatic nitrogens is 2. The minimum atomic E-state index is -0.425. The molecular weight excluding hydrogens is 452 g/mol. The van der Waals surface area contributed by atoms with Gasteiger partial charge in [-0.3, -0.25) is 4.90 Å². The number of urea groups is 1. The predicted octanol–water partition coefficient (Wildman–Crippen LogP) is 6.06. The summed E-state index contributed by atoms with van der Waals surface area (Å²) in [5.74, 6) is 1.63. The highest BCUT2D eigenvalue weighted by Gasteiger charge is 2.35. The average molecular weight is 481 g/mol. The van der Waals surface area contributed by atoms with Crippen molar-refractivity contribution in [3.05, 3.63) is 107 Å². The number of nitrogens with one attached hydrogen (secondary N) is 1. The van der Waals surface area contributed by atoms with Crippen LogP contribution in [0.25, 0.3) is 17.0 Å². The molecule has 0 saturated heterocycles. The Kier molecular flexibility index (Phi) is 6.29. The lowest BCUT2D eigenvalue weighted by Gasteiger charge is -2.35. The number of allylic oxidation sites excluding steroid dienone is 1. The van der Waals surface area contributed by atoms with E-state index in [0.717, 1.165) is 44.8 Å². The predicted molar refractivity (Wildman–Crippen MR) is 138 cm³/mol. The molecule has 2 amide bonds. The highest BCUT2D eigenvalue weighted by atomic mass is 16.5. The molecule has 1 atom stereocenters. The summed E-state index contributed by atoms with van der Waals surface area (Å²) in [5, 5.41) is 7.42. The summed E-state index contributed by atoms with van der Waals surface area (Å²) >= 11 is 0. The highest BCUT2D eigenvalue weighted by Crippen LogP contribution is 2.38. The molecule has 182 valence electrons. The van der Waals surface area contributed by atoms with E-state index in [-0.39, 0.29) is 6.03 Å². The Morgan fingerprint density at radius 1 is 0.972 bits per heavy atom. The van der Waals surface area contributed by atoms with E-state index in [9.17, 15) is 4.79 Å². The molecular formula is C29H28N4O3. The molecule has 0 aliphatic carbocycles. The summed E-state index contributed by atoms with van der Waals surface area (Å²) in [6, 6.07) is 23.1. The zero-order valence-electron chi connectivity index (χ0n) is 20.8. The first-order valence-corrected chi connectivity index (χ1v) is 11.8. The second-order valence-corrected chi connectivity index (χ2v) is 9.02. The van der Waals surface area contributed by atoms with Gasteiger partial charge >= 0.3 is 6.03 Å². The molecule has 1 aromatic heterocycles. The quantitative estimate of drug-likeness (QED) is 0.363. The van der Waals surface area contributed by atoms with Crippen LogP contribution in [0.1, 0.15) is 41.1 Å². The Labute approximate surface area is 210 Å². The van der Waals surface area contributed by atoms with Gasteiger partial charge in [-0.05, 0) is 50.1 Å². The van der Waals surface area contributed by atoms with Gasteiger partial charge in [0, 0.05) is 11.3 Å². The lowest BCUT2D eigenvalue weighted by atomic mass is 9.94. The molecule has 7 nitrogen and oxygen atoms in total. The summed E-state index contributed by atoms with van der Waals surface area (Å²) in [5.41, 5.74) is 6.55. The molecule has 0 spiro atoms. The van der Waals surface area contributed by atoms with Gasteiger partial charge in [0.15, 0.2) is 0 Å². The third-order valence-corrected chi connectivity index (χ3v) is 6.41. The first kappa shape index (κ1) is 23.4. The number of rotatable bonds is 6. The van der Waals surface area contributed by atoms with Gasteiger partial charge in [-0.15, -0.1) is 0 Å². The maximum Gasteiger partial charge on any atom is 0.322 e. The van der Waals surface area contributed by atoms with Gasteiger partial charge in [0.25, 0.3) is 5.89 Å². The van der Waals surface area contributed by atoms with Crippen LogP contribution in [0.2, 0.25) is 0 Å². The first-order chi connectivity index (χ1) is 17.4. The summed E-state index contributed by atoms with van der Waals surface area (Å²) in [6.07, 6.45) is 0. The molecule has 0 fully saturated rings. The van der Waals surface area contributed by atoms with Gasteiger partial charge in [-0.25, -0.2) is 4.79 Å². The summed E-state index contributed by atoms with van der Waals surface area (Å²) in [6.45, 7) is 6.36. The minimum absolute atomic E-state index is 0.192. The van der Waals surface area contributed by atoms with E-state index in [1.807, 2.05) is 93.6 Å². The lowest BCUT2D eigenvalue weighted by Crippen LogP contribution is -2.45. The van der Waals surface area contributed by atoms with E-state index in [1.54, 1.807) is 12.0 Å². The van der Waals surface area contributed by atoms with Crippen LogP contribution >= 0.6 is 0 Å². The van der Waals surface area contributed by atoms with Crippen LogP contribution in [0.4, 0.5) is 4.79 Å². The first-order valence-electron chi connectivity index (χ1n) is 11.8. The highest BCUT2D eigenvalue weighted by molar-refractivity contribution is 5.87. The second kappa shape index (κ2) is 9.70. The topological polar surface area (TPSA) is 80.5 Å². The number of benzene rings is 3. The smallest absolute Gasteiger partial charge is 0.322 e. The van der Waals surface area contributed by atoms with Crippen LogP contribution in [0.3, 0.4) is 0 Å². The Morgan fingerprint density at radius 2 is 1.75 bits per heavy atom. The summed E-state index contributed by atoms with van der Waals surface area (Å²) < 4.78 is 11.2. The van der Waals surface area contributed by atoms with Crippen LogP contribution in [0.15, 0.2) is 83.0 Å². The molecule has 0 saturated carbocycles. The molecule has 0 bridgehead atoms. The second-order valence-electron chi connectivity index (χ2n) is 9.02. The molecule has 1 N–H and O–H groups in total. The molecule has 3 aromatic carbocycles. The van der Waals surface area contributed by atoms with Crippen molar-refractivity contribution in [2.75, 3.05) is 7.11 Å². The fourth-order valence-electron chi connectivity index (χ4n) is 4.45. The van der Waals surface area contributed by atoms with E-state index in [4.69, 9.17) is 14.2 Å². The van der Waals surface area contributed by atoms with Crippen LogP contribution in [0.5, 0.6) is 5.75 Å². The molecule has 1 unspecified atom stereocenters. The number of hydrogen-bond donors (Lipinski definition) is 1. The number of carbonyl (C=O) groups is 1. The third-order valence-electron chi connectivity index (χ3n) is 6.41. The van der Waals surface area contributed by atoms with Gasteiger partial charge in [0.1, 0.15) is 5.75 Å². The van der Waals surface area contributed by atoms with Crippen LogP contribution in [0, 0.1) is 13.8 Å². The molecule has 0 radical (unpaired) electrons. The van der Waals surface area contributed by atoms with Crippen LogP contribution in [-0.2, 0) is 6.54 Å². The Bertz CT molecular complexity index is 1440. The van der Waals surface area contributed by atoms with Gasteiger partial charge < -0.3 is 14.6 Å². The zero-order valence-corrected chi connectivity index (χ0v) is 20.8. The van der Waals surface area contributed by atoms with Gasteiger partial charge in [0.05, 0.1) is 25.3 Å². The summed E-state index contributed by atoms with van der Waals surface area (Å²) in [4.78, 5) is 19.8.